The van der Waals surface area contributed by atoms with Crippen LogP contribution in [0.25, 0.3) is 0 Å². The zero-order valence-corrected chi connectivity index (χ0v) is 20.7. The Kier molecular flexibility index (Phi) is 7.72. The van der Waals surface area contributed by atoms with Crippen LogP contribution in [0.5, 0.6) is 0 Å². The maximum Gasteiger partial charge on any atom is 0.288 e. The van der Waals surface area contributed by atoms with Gasteiger partial charge in [0.2, 0.25) is 0 Å². The zero-order valence-electron chi connectivity index (χ0n) is 20.7. The van der Waals surface area contributed by atoms with Crippen molar-refractivity contribution in [1.29, 1.82) is 0 Å². The van der Waals surface area contributed by atoms with E-state index in [0.717, 1.165) is 38.9 Å². The molecular weight excluding hydrogens is 479 g/mol. The number of piperidine rings is 1. The van der Waals surface area contributed by atoms with Crippen molar-refractivity contribution in [3.05, 3.63) is 23.8 Å². The number of anilines is 1. The Hall–Kier alpha value is -1.56. The van der Waals surface area contributed by atoms with Gasteiger partial charge in [-0.15, -0.1) is 0 Å². The summed E-state index contributed by atoms with van der Waals surface area (Å²) in [6, 6.07) is 0.975. The van der Waals surface area contributed by atoms with Gasteiger partial charge in [-0.1, -0.05) is 0 Å². The largest absolute Gasteiger partial charge is 0.378 e. The molecule has 11 heteroatoms. The minimum Gasteiger partial charge on any atom is -0.378 e. The number of rotatable bonds is 9. The van der Waals surface area contributed by atoms with Gasteiger partial charge in [-0.25, -0.2) is 17.6 Å². The molecule has 3 N–H and O–H groups in total. The van der Waals surface area contributed by atoms with Gasteiger partial charge in [0.05, 0.1) is 42.9 Å². The Bertz CT molecular complexity index is 900. The van der Waals surface area contributed by atoms with Crippen LogP contribution in [0.15, 0.2) is 12.3 Å². The van der Waals surface area contributed by atoms with Crippen LogP contribution in [-0.2, 0) is 0 Å². The number of hydrogen-bond acceptors (Lipinski definition) is 6. The van der Waals surface area contributed by atoms with E-state index in [1.165, 1.54) is 6.07 Å². The third kappa shape index (κ3) is 5.21. The fourth-order valence-electron chi connectivity index (χ4n) is 7.02. The van der Waals surface area contributed by atoms with Crippen LogP contribution in [0.2, 0.25) is 0 Å². The zero-order chi connectivity index (χ0) is 25.4. The van der Waals surface area contributed by atoms with Gasteiger partial charge in [0.1, 0.15) is 5.82 Å². The monoisotopic (exact) mass is 516 g/mol. The molecule has 1 aromatic rings. The molecule has 0 radical (unpaired) electrons. The first-order valence-electron chi connectivity index (χ1n) is 13.2. The van der Waals surface area contributed by atoms with E-state index in [9.17, 15) is 17.6 Å². The molecule has 3 saturated heterocycles. The smallest absolute Gasteiger partial charge is 0.288 e. The quantitative estimate of drug-likeness (QED) is 0.437. The molecule has 4 fully saturated rings. The van der Waals surface area contributed by atoms with Gasteiger partial charge in [0.15, 0.2) is 6.67 Å². The van der Waals surface area contributed by atoms with Crippen molar-refractivity contribution in [3.63, 3.8) is 0 Å². The number of nitrogens with zero attached hydrogens (tertiary/aromatic N) is 3. The number of hydrazine groups is 1. The summed E-state index contributed by atoms with van der Waals surface area (Å²) in [5.41, 5.74) is 7.28. The van der Waals surface area contributed by atoms with Crippen molar-refractivity contribution in [1.82, 2.24) is 25.6 Å². The summed E-state index contributed by atoms with van der Waals surface area (Å²) in [5.74, 6) is -3.46. The predicted molar refractivity (Wildman–Crippen MR) is 128 cm³/mol. The number of fused-ring (bicyclic) bond motifs is 3. The van der Waals surface area contributed by atoms with Crippen molar-refractivity contribution in [2.24, 2.45) is 17.8 Å². The fraction of sp³-hybridized carbons (Fsp3) is 0.800. The van der Waals surface area contributed by atoms with Gasteiger partial charge in [-0.3, -0.25) is 30.0 Å². The normalized spacial score (nSPS) is 33.7. The van der Waals surface area contributed by atoms with Gasteiger partial charge in [-0.05, 0) is 50.4 Å². The molecule has 4 heterocycles. The third-order valence-corrected chi connectivity index (χ3v) is 8.69. The lowest BCUT2D eigenvalue weighted by Crippen LogP contribution is -2.56. The highest BCUT2D eigenvalue weighted by Gasteiger charge is 2.53. The van der Waals surface area contributed by atoms with E-state index in [4.69, 9.17) is 0 Å². The molecule has 4 aliphatic rings. The number of alkyl halides is 4. The van der Waals surface area contributed by atoms with Gasteiger partial charge in [0.25, 0.3) is 5.92 Å². The lowest BCUT2D eigenvalue weighted by Gasteiger charge is -2.54. The highest BCUT2D eigenvalue weighted by molar-refractivity contribution is 5.44. The second-order valence-corrected chi connectivity index (χ2v) is 11.1. The highest BCUT2D eigenvalue weighted by Crippen LogP contribution is 2.52. The van der Waals surface area contributed by atoms with Gasteiger partial charge in [-0.2, -0.15) is 0 Å². The van der Waals surface area contributed by atoms with Crippen LogP contribution in [-0.4, -0.2) is 84.9 Å². The Morgan fingerprint density at radius 1 is 1.17 bits per heavy atom. The molecule has 1 aromatic heterocycles. The molecule has 1 aliphatic carbocycles. The molecule has 3 aliphatic heterocycles. The summed E-state index contributed by atoms with van der Waals surface area (Å²) in [7, 11) is 0. The number of nitrogens with one attached hydrogen (secondary N) is 3. The molecule has 5 rings (SSSR count). The molecule has 0 amide bonds. The van der Waals surface area contributed by atoms with Crippen LogP contribution in [0.3, 0.4) is 0 Å². The van der Waals surface area contributed by atoms with E-state index >= 15 is 4.39 Å². The van der Waals surface area contributed by atoms with Crippen LogP contribution in [0.4, 0.5) is 27.6 Å². The van der Waals surface area contributed by atoms with E-state index in [1.807, 2.05) is 6.92 Å². The molecule has 36 heavy (non-hydrogen) atoms. The maximum atomic E-state index is 15.6. The van der Waals surface area contributed by atoms with Crippen molar-refractivity contribution in [3.8, 4) is 0 Å². The van der Waals surface area contributed by atoms with Crippen molar-refractivity contribution >= 4 is 5.69 Å². The summed E-state index contributed by atoms with van der Waals surface area (Å²) >= 11 is 0. The topological polar surface area (TPSA) is 55.5 Å². The van der Waals surface area contributed by atoms with E-state index in [1.54, 1.807) is 11.1 Å². The summed E-state index contributed by atoms with van der Waals surface area (Å²) in [5, 5.41) is 3.27. The third-order valence-electron chi connectivity index (χ3n) is 8.69. The average molecular weight is 517 g/mol. The number of hydrogen-bond donors (Lipinski definition) is 3. The predicted octanol–water partition coefficient (Wildman–Crippen LogP) is 3.54. The fourth-order valence-corrected chi connectivity index (χ4v) is 7.02. The SMILES string of the molecule is C[C@@H]1CC2C3CNNC3CCC2[C@@H](c2ncc(NC3CN(CCCF)C3)cc2F)N1CC(F)(F)CF. The van der Waals surface area contributed by atoms with E-state index in [-0.39, 0.29) is 36.3 Å². The highest BCUT2D eigenvalue weighted by atomic mass is 19.3. The number of aromatic nitrogens is 1. The van der Waals surface area contributed by atoms with Crippen molar-refractivity contribution < 1.29 is 22.0 Å². The Labute approximate surface area is 209 Å². The summed E-state index contributed by atoms with van der Waals surface area (Å²) in [4.78, 5) is 8.22. The van der Waals surface area contributed by atoms with Crippen molar-refractivity contribution in [2.45, 2.75) is 62.7 Å². The molecule has 6 nitrogen and oxygen atoms in total. The molecule has 4 unspecified atom stereocenters. The Morgan fingerprint density at radius 3 is 2.69 bits per heavy atom. The summed E-state index contributed by atoms with van der Waals surface area (Å²) in [6.07, 6.45) is 4.44. The number of halogens is 5. The first kappa shape index (κ1) is 26.1. The van der Waals surface area contributed by atoms with Gasteiger partial charge < -0.3 is 5.32 Å². The maximum absolute atomic E-state index is 15.6. The first-order valence-corrected chi connectivity index (χ1v) is 13.2. The minimum atomic E-state index is -3.50. The second-order valence-electron chi connectivity index (χ2n) is 11.1. The molecule has 0 aromatic carbocycles. The van der Waals surface area contributed by atoms with E-state index in [0.29, 0.717) is 30.6 Å². The van der Waals surface area contributed by atoms with Crippen molar-refractivity contribution in [2.75, 3.05) is 51.4 Å². The van der Waals surface area contributed by atoms with E-state index in [2.05, 4.69) is 26.1 Å². The molecule has 202 valence electrons. The van der Waals surface area contributed by atoms with Crippen LogP contribution in [0.1, 0.15) is 44.3 Å². The van der Waals surface area contributed by atoms with E-state index < -0.39 is 31.0 Å². The molecule has 6 atom stereocenters. The van der Waals surface area contributed by atoms with Gasteiger partial charge in [0, 0.05) is 44.3 Å². The number of pyridine rings is 1. The molecule has 1 saturated carbocycles. The standard InChI is InChI=1S/C25H37F5N6/c1-15-7-19-18(3-4-22-20(19)10-32-34-22)24(36(15)14-25(29,30)13-27)23-21(28)8-16(9-31-23)33-17-11-35(12-17)6-2-5-26/h8-9,15,17-20,22,24,32-34H,2-7,10-14H2,1H3/t15-,18?,19?,20?,22?,24+/m1/s1. The first-order chi connectivity index (χ1) is 17.3. The number of likely N-dealkylation sites (tertiary alicyclic amines) is 2. The van der Waals surface area contributed by atoms with Crippen LogP contribution >= 0.6 is 0 Å². The Morgan fingerprint density at radius 2 is 1.97 bits per heavy atom. The lowest BCUT2D eigenvalue weighted by molar-refractivity contribution is -0.109. The minimum absolute atomic E-state index is 0.0314. The lowest BCUT2D eigenvalue weighted by atomic mass is 9.62. The molecule has 0 spiro atoms. The van der Waals surface area contributed by atoms with Crippen LogP contribution in [0, 0.1) is 23.6 Å². The summed E-state index contributed by atoms with van der Waals surface area (Å²) in [6.45, 7) is 2.07. The van der Waals surface area contributed by atoms with Crippen LogP contribution < -0.4 is 16.2 Å². The molecule has 0 bridgehead atoms. The Balaban J connectivity index is 1.37. The summed E-state index contributed by atoms with van der Waals surface area (Å²) < 4.78 is 69.8. The average Bonchev–Trinajstić information content (AvgIpc) is 3.31. The van der Waals surface area contributed by atoms with Gasteiger partial charge >= 0.3 is 0 Å². The second kappa shape index (κ2) is 10.7. The molecular formula is C25H37F5N6.